The largest absolute Gasteiger partial charge is 0.360 e. The van der Waals surface area contributed by atoms with E-state index in [1.54, 1.807) is 11.3 Å². The lowest BCUT2D eigenvalue weighted by Crippen LogP contribution is -1.79. The molecule has 0 aliphatic carbocycles. The molecule has 5 nitrogen and oxygen atoms in total. The lowest BCUT2D eigenvalue weighted by atomic mass is 10.1. The number of thiophene rings is 1. The van der Waals surface area contributed by atoms with Gasteiger partial charge in [-0.3, -0.25) is 5.10 Å². The number of hydrogen-bond donors (Lipinski definition) is 1. The van der Waals surface area contributed by atoms with Gasteiger partial charge in [0.2, 0.25) is 5.16 Å². The van der Waals surface area contributed by atoms with Crippen molar-refractivity contribution in [2.45, 2.75) is 10.9 Å². The molecule has 114 valence electrons. The van der Waals surface area contributed by atoms with Crippen LogP contribution < -0.4 is 0 Å². The molecule has 7 heteroatoms. The van der Waals surface area contributed by atoms with Crippen LogP contribution >= 0.6 is 23.1 Å². The van der Waals surface area contributed by atoms with Crippen LogP contribution in [0.15, 0.2) is 63.6 Å². The van der Waals surface area contributed by atoms with Gasteiger partial charge in [0, 0.05) is 11.6 Å². The van der Waals surface area contributed by atoms with Crippen molar-refractivity contribution < 1.29 is 4.52 Å². The number of aromatic amines is 1. The second-order valence-electron chi connectivity index (χ2n) is 4.78. The molecule has 0 unspecified atom stereocenters. The Bertz CT molecular complexity index is 884. The van der Waals surface area contributed by atoms with Crippen LogP contribution in [0.5, 0.6) is 0 Å². The smallest absolute Gasteiger partial charge is 0.209 e. The van der Waals surface area contributed by atoms with E-state index in [1.165, 1.54) is 11.8 Å². The van der Waals surface area contributed by atoms with Crippen LogP contribution in [0.4, 0.5) is 0 Å². The van der Waals surface area contributed by atoms with E-state index in [0.717, 1.165) is 27.7 Å². The van der Waals surface area contributed by atoms with Crippen molar-refractivity contribution in [2.75, 3.05) is 0 Å². The van der Waals surface area contributed by atoms with Gasteiger partial charge in [-0.15, -0.1) is 16.4 Å². The van der Waals surface area contributed by atoms with Crippen molar-refractivity contribution in [3.8, 4) is 22.0 Å². The van der Waals surface area contributed by atoms with Crippen LogP contribution in [0.3, 0.4) is 0 Å². The Morgan fingerprint density at radius 3 is 2.87 bits per heavy atom. The first-order valence-corrected chi connectivity index (χ1v) is 8.85. The van der Waals surface area contributed by atoms with E-state index in [1.807, 2.05) is 53.9 Å². The van der Waals surface area contributed by atoms with Crippen LogP contribution in [0.2, 0.25) is 0 Å². The third-order valence-corrected chi connectivity index (χ3v) is 4.94. The number of nitrogens with one attached hydrogen (secondary N) is 1. The van der Waals surface area contributed by atoms with Gasteiger partial charge in [0.15, 0.2) is 5.82 Å². The molecular weight excluding hydrogens is 328 g/mol. The quantitative estimate of drug-likeness (QED) is 0.543. The van der Waals surface area contributed by atoms with Gasteiger partial charge in [-0.2, -0.15) is 0 Å². The molecule has 0 amide bonds. The van der Waals surface area contributed by atoms with E-state index in [0.29, 0.717) is 10.9 Å². The molecule has 0 saturated carbocycles. The summed E-state index contributed by atoms with van der Waals surface area (Å²) in [5.74, 6) is 2.24. The fraction of sp³-hybridized carbons (Fsp3) is 0.0625. The van der Waals surface area contributed by atoms with Crippen LogP contribution in [0, 0.1) is 0 Å². The third kappa shape index (κ3) is 3.20. The maximum atomic E-state index is 5.39. The van der Waals surface area contributed by atoms with Crippen LogP contribution in [0.25, 0.3) is 22.0 Å². The van der Waals surface area contributed by atoms with Crippen molar-refractivity contribution in [1.29, 1.82) is 0 Å². The van der Waals surface area contributed by atoms with Gasteiger partial charge >= 0.3 is 0 Å². The first-order valence-electron chi connectivity index (χ1n) is 6.98. The van der Waals surface area contributed by atoms with E-state index < -0.39 is 0 Å². The first-order chi connectivity index (χ1) is 11.4. The van der Waals surface area contributed by atoms with Crippen molar-refractivity contribution >= 4 is 23.1 Å². The number of rotatable bonds is 5. The van der Waals surface area contributed by atoms with Gasteiger partial charge in [0.25, 0.3) is 0 Å². The Labute approximate surface area is 140 Å². The summed E-state index contributed by atoms with van der Waals surface area (Å²) < 4.78 is 5.39. The summed E-state index contributed by atoms with van der Waals surface area (Å²) in [5, 5.41) is 14.0. The number of hydrogen-bond acceptors (Lipinski definition) is 6. The summed E-state index contributed by atoms with van der Waals surface area (Å²) in [6, 6.07) is 15.9. The number of benzene rings is 1. The zero-order valence-corrected chi connectivity index (χ0v) is 13.6. The van der Waals surface area contributed by atoms with Gasteiger partial charge in [0.1, 0.15) is 11.5 Å². The Hall–Kier alpha value is -2.38. The minimum Gasteiger partial charge on any atom is -0.360 e. The summed E-state index contributed by atoms with van der Waals surface area (Å²) in [4.78, 5) is 5.56. The van der Waals surface area contributed by atoms with Gasteiger partial charge in [-0.05, 0) is 11.4 Å². The maximum absolute atomic E-state index is 5.39. The molecule has 23 heavy (non-hydrogen) atoms. The lowest BCUT2D eigenvalue weighted by Gasteiger charge is -1.92. The molecule has 0 bridgehead atoms. The Morgan fingerprint density at radius 2 is 2.04 bits per heavy atom. The molecule has 0 spiro atoms. The van der Waals surface area contributed by atoms with E-state index >= 15 is 0 Å². The van der Waals surface area contributed by atoms with E-state index in [9.17, 15) is 0 Å². The van der Waals surface area contributed by atoms with Gasteiger partial charge in [0.05, 0.1) is 10.6 Å². The zero-order valence-electron chi connectivity index (χ0n) is 12.0. The SMILES string of the molecule is c1ccc(-c2cc(CSc3n[nH]c(-c4cccs4)n3)on2)cc1. The van der Waals surface area contributed by atoms with Crippen molar-refractivity contribution in [3.05, 3.63) is 59.7 Å². The average Bonchev–Trinajstić information content (AvgIpc) is 3.33. The fourth-order valence-corrected chi connectivity index (χ4v) is 3.43. The normalized spacial score (nSPS) is 11.0. The molecule has 3 aromatic heterocycles. The first kappa shape index (κ1) is 14.2. The second-order valence-corrected chi connectivity index (χ2v) is 6.67. The summed E-state index contributed by atoms with van der Waals surface area (Å²) in [6.07, 6.45) is 0. The highest BCUT2D eigenvalue weighted by molar-refractivity contribution is 7.98. The third-order valence-electron chi connectivity index (χ3n) is 3.19. The number of aromatic nitrogens is 4. The highest BCUT2D eigenvalue weighted by Crippen LogP contribution is 2.26. The monoisotopic (exact) mass is 340 g/mol. The summed E-state index contributed by atoms with van der Waals surface area (Å²) in [6.45, 7) is 0. The van der Waals surface area contributed by atoms with Crippen molar-refractivity contribution in [1.82, 2.24) is 20.3 Å². The standard InChI is InChI=1S/C16H12N4OS2/c1-2-5-11(6-3-1)13-9-12(21-20-13)10-23-16-17-15(18-19-16)14-7-4-8-22-14/h1-9H,10H2,(H,17,18,19). The Kier molecular flexibility index (Phi) is 3.95. The average molecular weight is 340 g/mol. The minimum absolute atomic E-state index is 0.640. The topological polar surface area (TPSA) is 67.6 Å². The molecule has 0 radical (unpaired) electrons. The predicted octanol–water partition coefficient (Wildman–Crippen LogP) is 4.48. The van der Waals surface area contributed by atoms with E-state index in [4.69, 9.17) is 4.52 Å². The lowest BCUT2D eigenvalue weighted by molar-refractivity contribution is 0.397. The Balaban J connectivity index is 1.43. The highest BCUT2D eigenvalue weighted by atomic mass is 32.2. The van der Waals surface area contributed by atoms with Gasteiger partial charge in [-0.1, -0.05) is 53.3 Å². The molecule has 0 aliphatic rings. The van der Waals surface area contributed by atoms with Crippen LogP contribution in [-0.2, 0) is 5.75 Å². The summed E-state index contributed by atoms with van der Waals surface area (Å²) in [5.41, 5.74) is 1.89. The molecular formula is C16H12N4OS2. The molecule has 0 atom stereocenters. The molecule has 0 fully saturated rings. The zero-order chi connectivity index (χ0) is 15.5. The summed E-state index contributed by atoms with van der Waals surface area (Å²) in [7, 11) is 0. The van der Waals surface area contributed by atoms with Crippen molar-refractivity contribution in [3.63, 3.8) is 0 Å². The van der Waals surface area contributed by atoms with Gasteiger partial charge < -0.3 is 4.52 Å². The molecule has 1 N–H and O–H groups in total. The highest BCUT2D eigenvalue weighted by Gasteiger charge is 2.10. The predicted molar refractivity (Wildman–Crippen MR) is 91.2 cm³/mol. The van der Waals surface area contributed by atoms with Crippen LogP contribution in [0.1, 0.15) is 5.76 Å². The number of thioether (sulfide) groups is 1. The van der Waals surface area contributed by atoms with Gasteiger partial charge in [-0.25, -0.2) is 4.98 Å². The second kappa shape index (κ2) is 6.39. The van der Waals surface area contributed by atoms with E-state index in [-0.39, 0.29) is 0 Å². The molecule has 0 aliphatic heterocycles. The molecule has 1 aromatic carbocycles. The fourth-order valence-electron chi connectivity index (χ4n) is 2.10. The Morgan fingerprint density at radius 1 is 1.13 bits per heavy atom. The molecule has 4 aromatic rings. The maximum Gasteiger partial charge on any atom is 0.209 e. The van der Waals surface area contributed by atoms with Crippen molar-refractivity contribution in [2.24, 2.45) is 0 Å². The molecule has 3 heterocycles. The number of nitrogens with zero attached hydrogens (tertiary/aromatic N) is 3. The van der Waals surface area contributed by atoms with Crippen LogP contribution in [-0.4, -0.2) is 20.3 Å². The molecule has 0 saturated heterocycles. The molecule has 4 rings (SSSR count). The summed E-state index contributed by atoms with van der Waals surface area (Å²) >= 11 is 3.15. The number of H-pyrrole nitrogens is 1. The van der Waals surface area contributed by atoms with E-state index in [2.05, 4.69) is 20.3 Å². The minimum atomic E-state index is 0.640.